The highest BCUT2D eigenvalue weighted by atomic mass is 15.0. The molecule has 67 heavy (non-hydrogen) atoms. The van der Waals surface area contributed by atoms with E-state index in [4.69, 9.17) is 15.0 Å². The highest BCUT2D eigenvalue weighted by molar-refractivity contribution is 6.15. The Morgan fingerprint density at radius 2 is 0.866 bits per heavy atom. The van der Waals surface area contributed by atoms with E-state index in [9.17, 15) is 0 Å². The Morgan fingerprint density at radius 1 is 0.358 bits per heavy atom. The van der Waals surface area contributed by atoms with Gasteiger partial charge in [-0.25, -0.2) is 15.0 Å². The van der Waals surface area contributed by atoms with Crippen LogP contribution in [-0.4, -0.2) is 19.5 Å². The molecule has 0 spiro atoms. The van der Waals surface area contributed by atoms with Gasteiger partial charge in [0.05, 0.1) is 11.0 Å². The highest BCUT2D eigenvalue weighted by Crippen LogP contribution is 2.40. The van der Waals surface area contributed by atoms with Crippen molar-refractivity contribution in [3.8, 4) is 73.2 Å². The molecule has 4 nitrogen and oxygen atoms in total. The van der Waals surface area contributed by atoms with Gasteiger partial charge in [-0.1, -0.05) is 196 Å². The molecule has 0 fully saturated rings. The molecule has 0 bridgehead atoms. The lowest BCUT2D eigenvalue weighted by Gasteiger charge is -2.16. The number of fused-ring (bicyclic) bond motifs is 6. The van der Waals surface area contributed by atoms with Crippen LogP contribution in [-0.2, 0) is 0 Å². The molecule has 0 amide bonds. The predicted octanol–water partition coefficient (Wildman–Crippen LogP) is 16.8. The number of hydrogen-bond donors (Lipinski definition) is 0. The second kappa shape index (κ2) is 16.8. The Hall–Kier alpha value is -8.47. The van der Waals surface area contributed by atoms with Crippen LogP contribution >= 0.6 is 0 Å². The van der Waals surface area contributed by atoms with Gasteiger partial charge in [-0.05, 0) is 115 Å². The third kappa shape index (κ3) is 7.33. The molecular weight excluding hydrogens is 813 g/mol. The van der Waals surface area contributed by atoms with Crippen LogP contribution in [0.15, 0.2) is 224 Å². The van der Waals surface area contributed by atoms with Crippen LogP contribution in [0, 0.1) is 0 Å². The number of nitrogens with zero attached hydrogens (tertiary/aromatic N) is 4. The fourth-order valence-corrected chi connectivity index (χ4v) is 9.77. The topological polar surface area (TPSA) is 43.6 Å². The van der Waals surface area contributed by atoms with Gasteiger partial charge in [0.2, 0.25) is 0 Å². The molecule has 12 aromatic rings. The van der Waals surface area contributed by atoms with Gasteiger partial charge >= 0.3 is 0 Å². The maximum atomic E-state index is 5.37. The monoisotopic (exact) mass is 858 g/mol. The Bertz CT molecular complexity index is 3780. The predicted molar refractivity (Wildman–Crippen MR) is 280 cm³/mol. The van der Waals surface area contributed by atoms with Crippen LogP contribution in [0.2, 0.25) is 0 Å². The zero-order valence-electron chi connectivity index (χ0n) is 37.4. The summed E-state index contributed by atoms with van der Waals surface area (Å²) in [6.07, 6.45) is 1.09. The van der Waals surface area contributed by atoms with Gasteiger partial charge < -0.3 is 4.57 Å². The molecule has 0 N–H and O–H groups in total. The van der Waals surface area contributed by atoms with Gasteiger partial charge in [-0.15, -0.1) is 0 Å². The maximum absolute atomic E-state index is 5.37. The summed E-state index contributed by atoms with van der Waals surface area (Å²) < 4.78 is 2.34. The van der Waals surface area contributed by atoms with Crippen LogP contribution < -0.4 is 0 Å². The summed E-state index contributed by atoms with van der Waals surface area (Å²) >= 11 is 0. The number of hydrogen-bond acceptors (Lipinski definition) is 3. The van der Waals surface area contributed by atoms with Crippen LogP contribution in [0.5, 0.6) is 0 Å². The second-order valence-electron chi connectivity index (χ2n) is 17.6. The van der Waals surface area contributed by atoms with Crippen molar-refractivity contribution in [3.63, 3.8) is 0 Å². The molecule has 0 saturated carbocycles. The summed E-state index contributed by atoms with van der Waals surface area (Å²) in [6, 6.07) is 80.5. The van der Waals surface area contributed by atoms with Crippen LogP contribution in [0.3, 0.4) is 0 Å². The van der Waals surface area contributed by atoms with E-state index in [1.165, 1.54) is 60.1 Å². The van der Waals surface area contributed by atoms with E-state index < -0.39 is 0 Å². The van der Waals surface area contributed by atoms with Gasteiger partial charge in [-0.2, -0.15) is 0 Å². The minimum absolute atomic E-state index is 0.467. The standard InChI is InChI=1S/C63H46N4/c1-3-41(2)46-30-33-53-51(36-46)39-57(45-18-9-5-10-19-45)54-34-31-49(38-58(53)54)62-64-61(48-21-15-20-47(37-48)44-28-26-43(27-29-44)42-16-7-4-8-17-42)65-63(66-62)50-32-35-56-55-24-13-14-25-59(55)67(60(56)40-50)52-22-11-6-12-23-52/h4-41H,3H2,1-2H3. The molecule has 318 valence electrons. The van der Waals surface area contributed by atoms with Gasteiger partial charge in [0.1, 0.15) is 0 Å². The molecule has 12 rings (SSSR count). The number of rotatable bonds is 9. The van der Waals surface area contributed by atoms with E-state index in [1.54, 1.807) is 0 Å². The van der Waals surface area contributed by atoms with Gasteiger partial charge in [0.15, 0.2) is 17.5 Å². The normalized spacial score (nSPS) is 12.0. The Balaban J connectivity index is 1.05. The third-order valence-corrected chi connectivity index (χ3v) is 13.5. The lowest BCUT2D eigenvalue weighted by atomic mass is 9.89. The quantitative estimate of drug-likeness (QED) is 0.136. The van der Waals surface area contributed by atoms with E-state index in [2.05, 4.69) is 243 Å². The van der Waals surface area contributed by atoms with Crippen molar-refractivity contribution in [2.24, 2.45) is 0 Å². The molecule has 0 aliphatic carbocycles. The summed E-state index contributed by atoms with van der Waals surface area (Å²) in [4.78, 5) is 16.0. The van der Waals surface area contributed by atoms with Crippen molar-refractivity contribution >= 4 is 43.4 Å². The largest absolute Gasteiger partial charge is 0.309 e. The van der Waals surface area contributed by atoms with Crippen molar-refractivity contribution in [1.82, 2.24) is 19.5 Å². The Labute approximate surface area is 390 Å². The Kier molecular flexibility index (Phi) is 10.1. The molecular formula is C63H46N4. The summed E-state index contributed by atoms with van der Waals surface area (Å²) in [5, 5.41) is 7.18. The highest BCUT2D eigenvalue weighted by Gasteiger charge is 2.19. The molecule has 0 aliphatic heterocycles. The first-order valence-electron chi connectivity index (χ1n) is 23.2. The second-order valence-corrected chi connectivity index (χ2v) is 17.6. The average molecular weight is 859 g/mol. The average Bonchev–Trinajstić information content (AvgIpc) is 3.74. The number of aromatic nitrogens is 4. The first-order valence-corrected chi connectivity index (χ1v) is 23.2. The lowest BCUT2D eigenvalue weighted by Crippen LogP contribution is -2.01. The summed E-state index contributed by atoms with van der Waals surface area (Å²) in [7, 11) is 0. The minimum atomic E-state index is 0.467. The van der Waals surface area contributed by atoms with Crippen molar-refractivity contribution in [3.05, 3.63) is 230 Å². The third-order valence-electron chi connectivity index (χ3n) is 13.5. The van der Waals surface area contributed by atoms with Crippen LogP contribution in [0.1, 0.15) is 31.7 Å². The minimum Gasteiger partial charge on any atom is -0.309 e. The Morgan fingerprint density at radius 3 is 1.57 bits per heavy atom. The number of benzene rings is 10. The molecule has 4 heteroatoms. The molecule has 10 aromatic carbocycles. The fraction of sp³-hybridized carbons (Fsp3) is 0.0635. The van der Waals surface area contributed by atoms with Crippen molar-refractivity contribution in [1.29, 1.82) is 0 Å². The summed E-state index contributed by atoms with van der Waals surface area (Å²) in [5.74, 6) is 2.32. The van der Waals surface area contributed by atoms with Crippen molar-refractivity contribution in [2.45, 2.75) is 26.2 Å². The molecule has 1 unspecified atom stereocenters. The van der Waals surface area contributed by atoms with Gasteiger partial charge in [-0.3, -0.25) is 0 Å². The van der Waals surface area contributed by atoms with Gasteiger partial charge in [0.25, 0.3) is 0 Å². The zero-order chi connectivity index (χ0) is 44.8. The van der Waals surface area contributed by atoms with Gasteiger partial charge in [0, 0.05) is 33.2 Å². The lowest BCUT2D eigenvalue weighted by molar-refractivity contribution is 0.735. The zero-order valence-corrected chi connectivity index (χ0v) is 37.4. The molecule has 2 heterocycles. The van der Waals surface area contributed by atoms with Crippen LogP contribution in [0.25, 0.3) is 117 Å². The smallest absolute Gasteiger partial charge is 0.164 e. The van der Waals surface area contributed by atoms with Crippen molar-refractivity contribution < 1.29 is 0 Å². The summed E-state index contributed by atoms with van der Waals surface area (Å²) in [6.45, 7) is 4.57. The maximum Gasteiger partial charge on any atom is 0.164 e. The molecule has 0 aliphatic rings. The van der Waals surface area contributed by atoms with E-state index in [-0.39, 0.29) is 0 Å². The molecule has 0 saturated heterocycles. The molecule has 0 radical (unpaired) electrons. The summed E-state index contributed by atoms with van der Waals surface area (Å²) in [5.41, 5.74) is 14.5. The first-order chi connectivity index (χ1) is 33.1. The van der Waals surface area contributed by atoms with E-state index in [0.29, 0.717) is 23.4 Å². The van der Waals surface area contributed by atoms with Crippen LogP contribution in [0.4, 0.5) is 0 Å². The SMILES string of the molecule is CCC(C)c1ccc2c(c1)cc(-c1ccccc1)c1ccc(-c3nc(-c4cccc(-c5ccc(-c6ccccc6)cc5)c4)nc(-c4ccc5c6ccccc6n(-c6ccccc6)c5c4)n3)cc12. The van der Waals surface area contributed by atoms with E-state index in [0.717, 1.165) is 51.0 Å². The van der Waals surface area contributed by atoms with E-state index in [1.807, 2.05) is 0 Å². The first kappa shape index (κ1) is 40.1. The van der Waals surface area contributed by atoms with Crippen molar-refractivity contribution in [2.75, 3.05) is 0 Å². The fourth-order valence-electron chi connectivity index (χ4n) is 9.77. The number of para-hydroxylation sites is 2. The molecule has 2 aromatic heterocycles. The molecule has 1 atom stereocenters. The van der Waals surface area contributed by atoms with E-state index >= 15 is 0 Å².